The number of benzene rings is 1. The van der Waals surface area contributed by atoms with Gasteiger partial charge in [0.05, 0.1) is 10.9 Å². The van der Waals surface area contributed by atoms with E-state index in [1.807, 2.05) is 0 Å². The summed E-state index contributed by atoms with van der Waals surface area (Å²) >= 11 is 0. The number of carbonyl (C=O) groups is 1. The van der Waals surface area contributed by atoms with Gasteiger partial charge in [-0.25, -0.2) is 37.3 Å². The Morgan fingerprint density at radius 1 is 1.16 bits per heavy atom. The molecule has 3 heterocycles. The van der Waals surface area contributed by atoms with Crippen LogP contribution in [0.15, 0.2) is 43.1 Å². The van der Waals surface area contributed by atoms with E-state index in [0.29, 0.717) is 16.5 Å². The maximum atomic E-state index is 15.2. The molecule has 4 rings (SSSR count). The Kier molecular flexibility index (Phi) is 5.48. The number of hydrogen-bond donors (Lipinski definition) is 2. The number of aromatic nitrogens is 5. The number of pyridine rings is 1. The molecule has 0 saturated heterocycles. The van der Waals surface area contributed by atoms with E-state index in [4.69, 9.17) is 5.14 Å². The first-order valence-corrected chi connectivity index (χ1v) is 11.0. The van der Waals surface area contributed by atoms with Gasteiger partial charge < -0.3 is 0 Å². The molecular weight excluding hydrogens is 442 g/mol. The van der Waals surface area contributed by atoms with Crippen LogP contribution in [0.1, 0.15) is 40.2 Å². The lowest BCUT2D eigenvalue weighted by Gasteiger charge is -2.16. The van der Waals surface area contributed by atoms with Crippen molar-refractivity contribution in [2.75, 3.05) is 0 Å². The fourth-order valence-electron chi connectivity index (χ4n) is 3.45. The first-order valence-electron chi connectivity index (χ1n) is 9.36. The molecule has 12 heteroatoms. The van der Waals surface area contributed by atoms with Crippen LogP contribution in [-0.2, 0) is 10.0 Å². The van der Waals surface area contributed by atoms with E-state index < -0.39 is 43.8 Å². The molecule has 1 unspecified atom stereocenters. The number of rotatable bonds is 6. The number of primary sulfonamides is 1. The average molecular weight is 458 g/mol. The molecule has 9 nitrogen and oxygen atoms in total. The van der Waals surface area contributed by atoms with E-state index >= 15 is 4.39 Å². The van der Waals surface area contributed by atoms with Gasteiger partial charge in [0, 0.05) is 35.3 Å². The second kappa shape index (κ2) is 8.13. The van der Waals surface area contributed by atoms with Crippen molar-refractivity contribution in [1.29, 1.82) is 0 Å². The Balaban J connectivity index is 1.84. The molecule has 32 heavy (non-hydrogen) atoms. The zero-order valence-corrected chi connectivity index (χ0v) is 17.4. The van der Waals surface area contributed by atoms with Crippen molar-refractivity contribution < 1.29 is 22.0 Å². The van der Waals surface area contributed by atoms with Crippen LogP contribution in [0.2, 0.25) is 0 Å². The van der Waals surface area contributed by atoms with Gasteiger partial charge in [-0.15, -0.1) is 0 Å². The average Bonchev–Trinajstić information content (AvgIpc) is 3.19. The maximum Gasteiger partial charge on any atom is 0.216 e. The van der Waals surface area contributed by atoms with Crippen molar-refractivity contribution in [1.82, 2.24) is 25.1 Å². The molecule has 0 radical (unpaired) electrons. The Hall–Kier alpha value is -3.64. The third-order valence-corrected chi connectivity index (χ3v) is 6.35. The molecule has 3 N–H and O–H groups in total. The quantitative estimate of drug-likeness (QED) is 0.423. The lowest BCUT2D eigenvalue weighted by Crippen LogP contribution is -2.24. The molecule has 0 bridgehead atoms. The van der Waals surface area contributed by atoms with Crippen LogP contribution in [0.25, 0.3) is 22.2 Å². The molecule has 0 aliphatic heterocycles. The number of nitrogens with two attached hydrogens (primary N) is 1. The summed E-state index contributed by atoms with van der Waals surface area (Å²) in [7, 11) is -4.31. The number of carbonyl (C=O) groups excluding carboxylic acids is 1. The molecule has 1 atom stereocenters. The first kappa shape index (κ1) is 21.6. The second-order valence-corrected chi connectivity index (χ2v) is 8.71. The number of hydrogen-bond acceptors (Lipinski definition) is 7. The predicted octanol–water partition coefficient (Wildman–Crippen LogP) is 2.66. The summed E-state index contributed by atoms with van der Waals surface area (Å²) in [5, 5.41) is 10.3. The van der Waals surface area contributed by atoms with Crippen LogP contribution in [0.5, 0.6) is 0 Å². The molecule has 164 valence electrons. The van der Waals surface area contributed by atoms with E-state index in [-0.39, 0.29) is 17.8 Å². The van der Waals surface area contributed by atoms with Crippen molar-refractivity contribution in [3.05, 3.63) is 71.6 Å². The molecule has 0 fully saturated rings. The summed E-state index contributed by atoms with van der Waals surface area (Å²) in [5.41, 5.74) is 0.0381. The van der Waals surface area contributed by atoms with E-state index in [1.165, 1.54) is 19.4 Å². The van der Waals surface area contributed by atoms with E-state index in [9.17, 15) is 17.6 Å². The van der Waals surface area contributed by atoms with Gasteiger partial charge in [-0.3, -0.25) is 9.89 Å². The van der Waals surface area contributed by atoms with Crippen LogP contribution in [-0.4, -0.2) is 39.4 Å². The number of nitrogens with one attached hydrogen (secondary N) is 1. The third kappa shape index (κ3) is 3.74. The van der Waals surface area contributed by atoms with E-state index in [0.717, 1.165) is 12.1 Å². The van der Waals surface area contributed by atoms with Gasteiger partial charge in [0.25, 0.3) is 0 Å². The number of sulfonamides is 1. The molecular formula is C20H16F2N6O3S. The van der Waals surface area contributed by atoms with Gasteiger partial charge in [0.15, 0.2) is 5.65 Å². The number of halogens is 2. The van der Waals surface area contributed by atoms with Crippen LogP contribution in [0.3, 0.4) is 0 Å². The Morgan fingerprint density at radius 3 is 2.53 bits per heavy atom. The normalized spacial score (nSPS) is 12.8. The zero-order valence-electron chi connectivity index (χ0n) is 16.6. The smallest absolute Gasteiger partial charge is 0.216 e. The zero-order chi connectivity index (χ0) is 23.0. The van der Waals surface area contributed by atoms with Gasteiger partial charge in [0.1, 0.15) is 28.9 Å². The fourth-order valence-corrected chi connectivity index (χ4v) is 4.46. The summed E-state index contributed by atoms with van der Waals surface area (Å²) < 4.78 is 53.3. The summed E-state index contributed by atoms with van der Waals surface area (Å²) in [6, 6.07) is 3.39. The van der Waals surface area contributed by atoms with Gasteiger partial charge in [-0.05, 0) is 24.6 Å². The molecule has 1 aromatic carbocycles. The van der Waals surface area contributed by atoms with Crippen molar-refractivity contribution in [2.45, 2.75) is 18.6 Å². The summed E-state index contributed by atoms with van der Waals surface area (Å²) in [5.74, 6) is -3.25. The number of fused-ring (bicyclic) bond motifs is 1. The predicted molar refractivity (Wildman–Crippen MR) is 111 cm³/mol. The minimum Gasteiger partial charge on any atom is -0.287 e. The lowest BCUT2D eigenvalue weighted by molar-refractivity contribution is 0.103. The molecule has 0 aliphatic carbocycles. The van der Waals surface area contributed by atoms with Gasteiger partial charge in [-0.1, -0.05) is 6.92 Å². The number of aromatic amines is 1. The molecule has 0 saturated carbocycles. The highest BCUT2D eigenvalue weighted by molar-refractivity contribution is 7.89. The monoisotopic (exact) mass is 458 g/mol. The van der Waals surface area contributed by atoms with Crippen molar-refractivity contribution in [3.8, 4) is 11.1 Å². The highest BCUT2D eigenvalue weighted by atomic mass is 32.2. The maximum absolute atomic E-state index is 15.2. The minimum atomic E-state index is -4.31. The lowest BCUT2D eigenvalue weighted by atomic mass is 9.99. The molecule has 0 spiro atoms. The summed E-state index contributed by atoms with van der Waals surface area (Å²) in [6.45, 7) is 1.42. The van der Waals surface area contributed by atoms with Crippen molar-refractivity contribution >= 4 is 26.8 Å². The first-order chi connectivity index (χ1) is 15.2. The van der Waals surface area contributed by atoms with Crippen LogP contribution < -0.4 is 5.14 Å². The van der Waals surface area contributed by atoms with E-state index in [2.05, 4.69) is 25.1 Å². The Morgan fingerprint density at radius 2 is 1.88 bits per heavy atom. The Bertz CT molecular complexity index is 1440. The molecule has 3 aromatic heterocycles. The van der Waals surface area contributed by atoms with Crippen molar-refractivity contribution in [3.63, 3.8) is 0 Å². The van der Waals surface area contributed by atoms with Crippen LogP contribution in [0, 0.1) is 11.6 Å². The summed E-state index contributed by atoms with van der Waals surface area (Å²) in [6.07, 6.45) is 5.82. The summed E-state index contributed by atoms with van der Waals surface area (Å²) in [4.78, 5) is 25.2. The standard InChI is InChI=1S/C20H16F2N6O3S/c1-2-15(32(23,30)31)16-14(21)4-3-12(17(16)22)19(29)18-13-5-10(8-26-20(13)28-27-18)11-6-24-9-25-7-11/h3-9,15H,2H2,1H3,(H2,23,30,31)(H,26,27,28). The van der Waals surface area contributed by atoms with Crippen LogP contribution >= 0.6 is 0 Å². The number of nitrogens with zero attached hydrogens (tertiary/aromatic N) is 4. The fraction of sp³-hybridized carbons (Fsp3) is 0.150. The molecule has 0 amide bonds. The second-order valence-electron chi connectivity index (χ2n) is 6.96. The highest BCUT2D eigenvalue weighted by Gasteiger charge is 2.31. The Labute approximate surface area is 180 Å². The van der Waals surface area contributed by atoms with E-state index in [1.54, 1.807) is 18.5 Å². The van der Waals surface area contributed by atoms with Crippen LogP contribution in [0.4, 0.5) is 8.78 Å². The highest BCUT2D eigenvalue weighted by Crippen LogP contribution is 2.32. The van der Waals surface area contributed by atoms with Crippen molar-refractivity contribution in [2.24, 2.45) is 5.14 Å². The third-order valence-electron chi connectivity index (χ3n) is 4.99. The number of H-pyrrole nitrogens is 1. The minimum absolute atomic E-state index is 0.0914. The van der Waals surface area contributed by atoms with Gasteiger partial charge >= 0.3 is 0 Å². The topological polar surface area (TPSA) is 145 Å². The largest absolute Gasteiger partial charge is 0.287 e. The molecule has 0 aliphatic rings. The number of ketones is 1. The van der Waals surface area contributed by atoms with Gasteiger partial charge in [-0.2, -0.15) is 5.10 Å². The SMILES string of the molecule is CCC(c1c(F)ccc(C(=O)c2[nH]nc3ncc(-c4cncnc4)cc23)c1F)S(N)(=O)=O. The molecule has 4 aromatic rings. The van der Waals surface area contributed by atoms with Gasteiger partial charge in [0.2, 0.25) is 15.8 Å².